The van der Waals surface area contributed by atoms with Crippen molar-refractivity contribution >= 4 is 23.3 Å². The lowest BCUT2D eigenvalue weighted by Crippen LogP contribution is -2.03. The van der Waals surface area contributed by atoms with Gasteiger partial charge in [-0.15, -0.1) is 10.2 Å². The molecule has 1 N–H and O–H groups in total. The van der Waals surface area contributed by atoms with Gasteiger partial charge in [-0.25, -0.2) is 9.59 Å². The van der Waals surface area contributed by atoms with Crippen molar-refractivity contribution in [3.8, 4) is 0 Å². The first-order chi connectivity index (χ1) is 6.15. The standard InChI is InChI=1S/C6H6N2O4S/c1-2-12-6(11)4-8-7-3(13-4)5(9)10/h2H2,1H3,(H,9,10). The van der Waals surface area contributed by atoms with Crippen molar-refractivity contribution in [2.45, 2.75) is 6.92 Å². The summed E-state index contributed by atoms with van der Waals surface area (Å²) in [5, 5.41) is 14.9. The van der Waals surface area contributed by atoms with Gasteiger partial charge in [-0.1, -0.05) is 11.3 Å². The van der Waals surface area contributed by atoms with Gasteiger partial charge in [0.05, 0.1) is 6.61 Å². The number of carboxylic acid groups (broad SMARTS) is 1. The van der Waals surface area contributed by atoms with E-state index in [0.29, 0.717) is 11.3 Å². The number of hydrogen-bond donors (Lipinski definition) is 1. The summed E-state index contributed by atoms with van der Waals surface area (Å²) in [6, 6.07) is 0. The highest BCUT2D eigenvalue weighted by Crippen LogP contribution is 2.10. The summed E-state index contributed by atoms with van der Waals surface area (Å²) in [4.78, 5) is 21.3. The maximum absolute atomic E-state index is 11.0. The van der Waals surface area contributed by atoms with E-state index in [9.17, 15) is 9.59 Å². The lowest BCUT2D eigenvalue weighted by Gasteiger charge is -1.93. The van der Waals surface area contributed by atoms with E-state index in [4.69, 9.17) is 5.11 Å². The van der Waals surface area contributed by atoms with E-state index >= 15 is 0 Å². The highest BCUT2D eigenvalue weighted by Gasteiger charge is 2.16. The number of carbonyl (C=O) groups excluding carboxylic acids is 1. The first-order valence-corrected chi connectivity index (χ1v) is 4.20. The molecular weight excluding hydrogens is 196 g/mol. The van der Waals surface area contributed by atoms with Crippen LogP contribution >= 0.6 is 11.3 Å². The van der Waals surface area contributed by atoms with Crippen molar-refractivity contribution in [1.29, 1.82) is 0 Å². The summed E-state index contributed by atoms with van der Waals surface area (Å²) in [5.74, 6) is -1.85. The number of aromatic nitrogens is 2. The zero-order chi connectivity index (χ0) is 9.84. The van der Waals surface area contributed by atoms with Crippen LogP contribution in [-0.2, 0) is 4.74 Å². The molecule has 0 aliphatic carbocycles. The van der Waals surface area contributed by atoms with Gasteiger partial charge in [0.15, 0.2) is 0 Å². The first kappa shape index (κ1) is 9.59. The van der Waals surface area contributed by atoms with Crippen molar-refractivity contribution in [2.75, 3.05) is 6.61 Å². The van der Waals surface area contributed by atoms with Crippen LogP contribution in [0.2, 0.25) is 0 Å². The van der Waals surface area contributed by atoms with Gasteiger partial charge in [0, 0.05) is 0 Å². The molecule has 6 nitrogen and oxygen atoms in total. The molecule has 1 rings (SSSR count). The third kappa shape index (κ3) is 2.22. The third-order valence-corrected chi connectivity index (χ3v) is 1.95. The van der Waals surface area contributed by atoms with Crippen LogP contribution in [0.5, 0.6) is 0 Å². The van der Waals surface area contributed by atoms with Crippen molar-refractivity contribution < 1.29 is 19.4 Å². The Kier molecular flexibility index (Phi) is 2.91. The Bertz CT molecular complexity index is 335. The van der Waals surface area contributed by atoms with Crippen molar-refractivity contribution in [1.82, 2.24) is 10.2 Å². The Labute approximate surface area is 77.2 Å². The summed E-state index contributed by atoms with van der Waals surface area (Å²) in [6.45, 7) is 1.87. The monoisotopic (exact) mass is 202 g/mol. The molecule has 0 aliphatic heterocycles. The lowest BCUT2D eigenvalue weighted by molar-refractivity contribution is 0.0524. The van der Waals surface area contributed by atoms with Crippen LogP contribution in [0.25, 0.3) is 0 Å². The van der Waals surface area contributed by atoms with E-state index in [2.05, 4.69) is 14.9 Å². The molecule has 1 aromatic rings. The fourth-order valence-corrected chi connectivity index (χ4v) is 1.16. The number of nitrogens with zero attached hydrogens (tertiary/aromatic N) is 2. The largest absolute Gasteiger partial charge is 0.476 e. The minimum atomic E-state index is -1.20. The molecular formula is C6H6N2O4S. The number of esters is 1. The van der Waals surface area contributed by atoms with Gasteiger partial charge in [-0.3, -0.25) is 0 Å². The molecule has 0 saturated carbocycles. The molecule has 1 aromatic heterocycles. The minimum absolute atomic E-state index is 0.0424. The van der Waals surface area contributed by atoms with Crippen LogP contribution in [0.4, 0.5) is 0 Å². The molecule has 7 heteroatoms. The molecule has 13 heavy (non-hydrogen) atoms. The number of carboxylic acids is 1. The van der Waals surface area contributed by atoms with Crippen LogP contribution in [0, 0.1) is 0 Å². The van der Waals surface area contributed by atoms with Crippen LogP contribution in [0.1, 0.15) is 26.5 Å². The highest BCUT2D eigenvalue weighted by atomic mass is 32.1. The van der Waals surface area contributed by atoms with E-state index in [0.717, 1.165) is 0 Å². The average molecular weight is 202 g/mol. The molecule has 70 valence electrons. The SMILES string of the molecule is CCOC(=O)c1nnc(C(=O)O)s1. The summed E-state index contributed by atoms with van der Waals surface area (Å²) >= 11 is 0.693. The topological polar surface area (TPSA) is 89.4 Å². The van der Waals surface area contributed by atoms with E-state index in [1.165, 1.54) is 0 Å². The van der Waals surface area contributed by atoms with Gasteiger partial charge < -0.3 is 9.84 Å². The van der Waals surface area contributed by atoms with Crippen LogP contribution in [0.15, 0.2) is 0 Å². The predicted molar refractivity (Wildman–Crippen MR) is 42.8 cm³/mol. The number of aromatic carboxylic acids is 1. The lowest BCUT2D eigenvalue weighted by atomic mass is 10.7. The molecule has 0 bridgehead atoms. The smallest absolute Gasteiger partial charge is 0.369 e. The van der Waals surface area contributed by atoms with Crippen molar-refractivity contribution in [3.05, 3.63) is 10.0 Å². The summed E-state index contributed by atoms with van der Waals surface area (Å²) in [6.07, 6.45) is 0. The Morgan fingerprint density at radius 3 is 2.54 bits per heavy atom. The normalized spacial score (nSPS) is 9.62. The fourth-order valence-electron chi connectivity index (χ4n) is 0.585. The van der Waals surface area contributed by atoms with Crippen molar-refractivity contribution in [2.24, 2.45) is 0 Å². The molecule has 0 aliphatic rings. The van der Waals surface area contributed by atoms with E-state index in [1.54, 1.807) is 6.92 Å². The average Bonchev–Trinajstić information content (AvgIpc) is 2.52. The zero-order valence-electron chi connectivity index (χ0n) is 6.68. The van der Waals surface area contributed by atoms with Gasteiger partial charge in [0.2, 0.25) is 10.0 Å². The molecule has 0 amide bonds. The van der Waals surface area contributed by atoms with Crippen LogP contribution in [-0.4, -0.2) is 33.8 Å². The molecule has 0 atom stereocenters. The van der Waals surface area contributed by atoms with Gasteiger partial charge >= 0.3 is 11.9 Å². The maximum atomic E-state index is 11.0. The number of rotatable bonds is 3. The number of ether oxygens (including phenoxy) is 1. The fraction of sp³-hybridized carbons (Fsp3) is 0.333. The second kappa shape index (κ2) is 3.94. The summed E-state index contributed by atoms with van der Waals surface area (Å²) < 4.78 is 4.60. The van der Waals surface area contributed by atoms with Gasteiger partial charge in [0.25, 0.3) is 0 Å². The molecule has 0 radical (unpaired) electrons. The summed E-state index contributed by atoms with van der Waals surface area (Å²) in [5.41, 5.74) is 0. The highest BCUT2D eigenvalue weighted by molar-refractivity contribution is 7.14. The second-order valence-electron chi connectivity index (χ2n) is 1.94. The van der Waals surface area contributed by atoms with Gasteiger partial charge in [0.1, 0.15) is 0 Å². The van der Waals surface area contributed by atoms with Gasteiger partial charge in [-0.05, 0) is 6.92 Å². The first-order valence-electron chi connectivity index (χ1n) is 3.39. The van der Waals surface area contributed by atoms with E-state index in [1.807, 2.05) is 0 Å². The Balaban J connectivity index is 2.79. The van der Waals surface area contributed by atoms with E-state index in [-0.39, 0.29) is 16.6 Å². The van der Waals surface area contributed by atoms with Gasteiger partial charge in [-0.2, -0.15) is 0 Å². The quantitative estimate of drug-likeness (QED) is 0.714. The van der Waals surface area contributed by atoms with Crippen LogP contribution in [0.3, 0.4) is 0 Å². The van der Waals surface area contributed by atoms with Crippen LogP contribution < -0.4 is 0 Å². The molecule has 0 fully saturated rings. The second-order valence-corrected chi connectivity index (χ2v) is 2.92. The maximum Gasteiger partial charge on any atom is 0.369 e. The van der Waals surface area contributed by atoms with Crippen molar-refractivity contribution in [3.63, 3.8) is 0 Å². The predicted octanol–water partition coefficient (Wildman–Crippen LogP) is 0.413. The third-order valence-electron chi connectivity index (χ3n) is 1.06. The van der Waals surface area contributed by atoms with E-state index < -0.39 is 11.9 Å². The number of carbonyl (C=O) groups is 2. The number of hydrogen-bond acceptors (Lipinski definition) is 6. The molecule has 0 aromatic carbocycles. The Morgan fingerprint density at radius 2 is 2.08 bits per heavy atom. The Morgan fingerprint density at radius 1 is 1.46 bits per heavy atom. The molecule has 0 spiro atoms. The molecule has 0 unspecified atom stereocenters. The minimum Gasteiger partial charge on any atom is -0.476 e. The Hall–Kier alpha value is -1.50. The zero-order valence-corrected chi connectivity index (χ0v) is 7.50. The summed E-state index contributed by atoms with van der Waals surface area (Å²) in [7, 11) is 0. The molecule has 1 heterocycles. The molecule has 0 saturated heterocycles.